The van der Waals surface area contributed by atoms with Gasteiger partial charge in [-0.25, -0.2) is 4.98 Å². The molecule has 4 rings (SSSR count). The minimum absolute atomic E-state index is 0.102. The Hall–Kier alpha value is -1.99. The van der Waals surface area contributed by atoms with Gasteiger partial charge in [0, 0.05) is 32.4 Å². The van der Waals surface area contributed by atoms with E-state index in [1.165, 1.54) is 0 Å². The lowest BCUT2D eigenvalue weighted by Crippen LogP contribution is -2.56. The molecule has 2 aromatic rings. The molecule has 122 valence electrons. The highest BCUT2D eigenvalue weighted by Crippen LogP contribution is 2.30. The summed E-state index contributed by atoms with van der Waals surface area (Å²) in [5.74, 6) is 0.172. The van der Waals surface area contributed by atoms with E-state index in [2.05, 4.69) is 22.1 Å². The van der Waals surface area contributed by atoms with Crippen LogP contribution in [0.15, 0.2) is 22.9 Å². The third-order valence-corrected chi connectivity index (χ3v) is 4.85. The molecule has 0 atom stereocenters. The van der Waals surface area contributed by atoms with Gasteiger partial charge in [-0.2, -0.15) is 0 Å². The highest BCUT2D eigenvalue weighted by molar-refractivity contribution is 6.02. The molecule has 7 heteroatoms. The predicted octanol–water partition coefficient (Wildman–Crippen LogP) is 1.16. The average molecular weight is 316 g/mol. The lowest BCUT2D eigenvalue weighted by Gasteiger charge is -2.46. The van der Waals surface area contributed by atoms with Crippen molar-refractivity contribution >= 4 is 16.9 Å². The van der Waals surface area contributed by atoms with Crippen LogP contribution in [0.2, 0.25) is 0 Å². The Morgan fingerprint density at radius 2 is 2.13 bits per heavy atom. The predicted molar refractivity (Wildman–Crippen MR) is 83.1 cm³/mol. The van der Waals surface area contributed by atoms with E-state index in [4.69, 9.17) is 9.26 Å². The summed E-state index contributed by atoms with van der Waals surface area (Å²) < 4.78 is 11.3. The van der Waals surface area contributed by atoms with Crippen LogP contribution in [0.4, 0.5) is 0 Å². The molecule has 0 aliphatic carbocycles. The van der Waals surface area contributed by atoms with E-state index in [9.17, 15) is 4.79 Å². The molecular weight excluding hydrogens is 296 g/mol. The molecule has 2 aliphatic heterocycles. The monoisotopic (exact) mass is 316 g/mol. The van der Waals surface area contributed by atoms with E-state index in [-0.39, 0.29) is 17.3 Å². The highest BCUT2D eigenvalue weighted by atomic mass is 16.5. The SMILES string of the molecule is CN1CCOC2(CCN(C(=O)c3onc4ncccc34)CC2)C1. The molecule has 7 nitrogen and oxygen atoms in total. The zero-order chi connectivity index (χ0) is 15.9. The summed E-state index contributed by atoms with van der Waals surface area (Å²) in [6, 6.07) is 3.60. The Kier molecular flexibility index (Phi) is 3.54. The summed E-state index contributed by atoms with van der Waals surface area (Å²) in [4.78, 5) is 21.0. The number of rotatable bonds is 1. The van der Waals surface area contributed by atoms with Crippen molar-refractivity contribution in [3.63, 3.8) is 0 Å². The summed E-state index contributed by atoms with van der Waals surface area (Å²) in [6.07, 6.45) is 3.35. The van der Waals surface area contributed by atoms with Gasteiger partial charge in [0.15, 0.2) is 0 Å². The van der Waals surface area contributed by atoms with Crippen molar-refractivity contribution in [2.24, 2.45) is 0 Å². The van der Waals surface area contributed by atoms with E-state index in [1.807, 2.05) is 11.0 Å². The maximum Gasteiger partial charge on any atom is 0.293 e. The Balaban J connectivity index is 1.49. The van der Waals surface area contributed by atoms with Crippen LogP contribution in [-0.4, -0.2) is 71.3 Å². The number of nitrogens with zero attached hydrogens (tertiary/aromatic N) is 4. The Morgan fingerprint density at radius 3 is 2.91 bits per heavy atom. The molecule has 1 spiro atoms. The summed E-state index contributed by atoms with van der Waals surface area (Å²) in [5.41, 5.74) is 0.371. The molecule has 0 aromatic carbocycles. The minimum Gasteiger partial charge on any atom is -0.372 e. The number of hydrogen-bond acceptors (Lipinski definition) is 6. The number of aromatic nitrogens is 2. The van der Waals surface area contributed by atoms with Crippen molar-refractivity contribution < 1.29 is 14.1 Å². The lowest BCUT2D eigenvalue weighted by molar-refractivity contribution is -0.127. The number of carbonyl (C=O) groups is 1. The van der Waals surface area contributed by atoms with Gasteiger partial charge < -0.3 is 19.1 Å². The number of ether oxygens (including phenoxy) is 1. The summed E-state index contributed by atoms with van der Waals surface area (Å²) in [6.45, 7) is 4.03. The number of amides is 1. The number of morpholine rings is 1. The van der Waals surface area contributed by atoms with Gasteiger partial charge in [-0.05, 0) is 32.0 Å². The second kappa shape index (κ2) is 5.58. The van der Waals surface area contributed by atoms with Crippen LogP contribution in [0.1, 0.15) is 23.4 Å². The third-order valence-electron chi connectivity index (χ3n) is 4.85. The van der Waals surface area contributed by atoms with Crippen molar-refractivity contribution in [3.05, 3.63) is 24.1 Å². The number of likely N-dealkylation sites (tertiary alicyclic amines) is 1. The molecule has 0 unspecified atom stereocenters. The van der Waals surface area contributed by atoms with Gasteiger partial charge in [0.25, 0.3) is 5.91 Å². The van der Waals surface area contributed by atoms with Gasteiger partial charge in [0.05, 0.1) is 17.6 Å². The highest BCUT2D eigenvalue weighted by Gasteiger charge is 2.40. The maximum atomic E-state index is 12.7. The quantitative estimate of drug-likeness (QED) is 0.786. The van der Waals surface area contributed by atoms with Crippen LogP contribution in [0.3, 0.4) is 0 Å². The second-order valence-electron chi connectivity index (χ2n) is 6.45. The average Bonchev–Trinajstić information content (AvgIpc) is 2.99. The largest absolute Gasteiger partial charge is 0.372 e. The van der Waals surface area contributed by atoms with Gasteiger partial charge in [0.1, 0.15) is 0 Å². The molecule has 0 radical (unpaired) electrons. The van der Waals surface area contributed by atoms with E-state index in [0.717, 1.165) is 32.5 Å². The fourth-order valence-corrected chi connectivity index (χ4v) is 3.54. The summed E-state index contributed by atoms with van der Waals surface area (Å²) >= 11 is 0. The van der Waals surface area contributed by atoms with E-state index < -0.39 is 0 Å². The van der Waals surface area contributed by atoms with Crippen molar-refractivity contribution in [2.45, 2.75) is 18.4 Å². The van der Waals surface area contributed by atoms with Gasteiger partial charge in [0.2, 0.25) is 11.4 Å². The van der Waals surface area contributed by atoms with E-state index in [1.54, 1.807) is 12.3 Å². The Morgan fingerprint density at radius 1 is 1.30 bits per heavy atom. The third kappa shape index (κ3) is 2.60. The molecule has 0 bridgehead atoms. The van der Waals surface area contributed by atoms with Crippen LogP contribution in [0.25, 0.3) is 11.0 Å². The van der Waals surface area contributed by atoms with E-state index >= 15 is 0 Å². The molecule has 4 heterocycles. The van der Waals surface area contributed by atoms with Crippen molar-refractivity contribution in [3.8, 4) is 0 Å². The van der Waals surface area contributed by atoms with Crippen molar-refractivity contribution in [1.82, 2.24) is 19.9 Å². The number of hydrogen-bond donors (Lipinski definition) is 0. The normalized spacial score (nSPS) is 21.9. The Labute approximate surface area is 134 Å². The zero-order valence-electron chi connectivity index (χ0n) is 13.2. The molecule has 2 fully saturated rings. The molecule has 2 aliphatic rings. The molecule has 23 heavy (non-hydrogen) atoms. The van der Waals surface area contributed by atoms with Crippen LogP contribution < -0.4 is 0 Å². The standard InChI is InChI=1S/C16H20N4O3/c1-19-9-10-22-16(11-19)4-7-20(8-5-16)15(21)13-12-3-2-6-17-14(12)18-23-13/h2-3,6H,4-5,7-11H2,1H3. The van der Waals surface area contributed by atoms with Gasteiger partial charge >= 0.3 is 0 Å². The first-order chi connectivity index (χ1) is 11.2. The van der Waals surface area contributed by atoms with Gasteiger partial charge in [-0.1, -0.05) is 5.16 Å². The second-order valence-corrected chi connectivity index (χ2v) is 6.45. The molecule has 1 amide bonds. The van der Waals surface area contributed by atoms with Crippen molar-refractivity contribution in [1.29, 1.82) is 0 Å². The number of fused-ring (bicyclic) bond motifs is 1. The van der Waals surface area contributed by atoms with Crippen LogP contribution >= 0.6 is 0 Å². The van der Waals surface area contributed by atoms with Crippen LogP contribution in [-0.2, 0) is 4.74 Å². The first kappa shape index (κ1) is 14.6. The van der Waals surface area contributed by atoms with Crippen LogP contribution in [0.5, 0.6) is 0 Å². The maximum absolute atomic E-state index is 12.7. The van der Waals surface area contributed by atoms with Crippen molar-refractivity contribution in [2.75, 3.05) is 39.8 Å². The number of carbonyl (C=O) groups excluding carboxylic acids is 1. The van der Waals surface area contributed by atoms with Gasteiger partial charge in [-0.15, -0.1) is 0 Å². The summed E-state index contributed by atoms with van der Waals surface area (Å²) in [5, 5.41) is 4.54. The zero-order valence-corrected chi connectivity index (χ0v) is 13.2. The molecule has 2 saturated heterocycles. The first-order valence-electron chi connectivity index (χ1n) is 7.99. The number of piperidine rings is 1. The fourth-order valence-electron chi connectivity index (χ4n) is 3.54. The molecule has 0 saturated carbocycles. The van der Waals surface area contributed by atoms with Gasteiger partial charge in [-0.3, -0.25) is 4.79 Å². The van der Waals surface area contributed by atoms with E-state index in [0.29, 0.717) is 24.1 Å². The molecule has 2 aromatic heterocycles. The lowest BCUT2D eigenvalue weighted by atomic mass is 9.89. The topological polar surface area (TPSA) is 71.7 Å². The number of pyridine rings is 1. The molecular formula is C16H20N4O3. The first-order valence-corrected chi connectivity index (χ1v) is 7.99. The smallest absolute Gasteiger partial charge is 0.293 e. The summed E-state index contributed by atoms with van der Waals surface area (Å²) in [7, 11) is 2.12. The minimum atomic E-state index is -0.112. The Bertz CT molecular complexity index is 721. The van der Waals surface area contributed by atoms with Crippen LogP contribution in [0, 0.1) is 0 Å². The fraction of sp³-hybridized carbons (Fsp3) is 0.562. The number of likely N-dealkylation sites (N-methyl/N-ethyl adjacent to an activating group) is 1. The molecule has 0 N–H and O–H groups in total.